The van der Waals surface area contributed by atoms with Crippen LogP contribution in [-0.4, -0.2) is 39.1 Å². The van der Waals surface area contributed by atoms with E-state index in [2.05, 4.69) is 5.32 Å². The Morgan fingerprint density at radius 2 is 1.81 bits per heavy atom. The zero-order valence-electron chi connectivity index (χ0n) is 12.0. The number of carbonyl (C=O) groups is 1. The third-order valence-corrected chi connectivity index (χ3v) is 3.66. The van der Waals surface area contributed by atoms with Crippen LogP contribution in [0.2, 0.25) is 0 Å². The SMILES string of the molecule is CCNC(=O)OCC12COC(c3ccccc3)(OC1)OC2. The molecule has 3 aliphatic rings. The molecule has 0 saturated carbocycles. The molecule has 0 radical (unpaired) electrons. The van der Waals surface area contributed by atoms with Crippen LogP contribution in [0, 0.1) is 5.41 Å². The molecule has 0 aliphatic carbocycles. The number of fused-ring (bicyclic) bond motifs is 3. The van der Waals surface area contributed by atoms with Gasteiger partial charge in [0.1, 0.15) is 6.61 Å². The minimum Gasteiger partial charge on any atom is -0.449 e. The van der Waals surface area contributed by atoms with Crippen LogP contribution >= 0.6 is 0 Å². The number of benzene rings is 1. The molecule has 6 nitrogen and oxygen atoms in total. The van der Waals surface area contributed by atoms with E-state index in [4.69, 9.17) is 18.9 Å². The molecule has 4 rings (SSSR count). The van der Waals surface area contributed by atoms with Crippen LogP contribution in [0.1, 0.15) is 12.5 Å². The first-order chi connectivity index (χ1) is 10.2. The molecule has 0 spiro atoms. The van der Waals surface area contributed by atoms with E-state index in [1.807, 2.05) is 37.3 Å². The summed E-state index contributed by atoms with van der Waals surface area (Å²) in [5.41, 5.74) is 0.407. The average Bonchev–Trinajstić information content (AvgIpc) is 2.56. The van der Waals surface area contributed by atoms with Crippen LogP contribution in [0.3, 0.4) is 0 Å². The number of hydrogen-bond acceptors (Lipinski definition) is 5. The largest absolute Gasteiger partial charge is 0.449 e. The van der Waals surface area contributed by atoms with E-state index in [9.17, 15) is 4.79 Å². The molecule has 0 atom stereocenters. The van der Waals surface area contributed by atoms with Gasteiger partial charge in [-0.25, -0.2) is 4.79 Å². The number of ether oxygens (including phenoxy) is 4. The second-order valence-corrected chi connectivity index (χ2v) is 5.39. The number of carbonyl (C=O) groups excluding carboxylic acids is 1. The highest BCUT2D eigenvalue weighted by Gasteiger charge is 2.54. The standard InChI is InChI=1S/C15H19NO5/c1-2-16-13(17)18-8-14-9-19-15(20-10-14,21-11-14)12-6-4-3-5-7-12/h3-7H,2,8-11H2,1H3,(H,16,17). The van der Waals surface area contributed by atoms with Gasteiger partial charge in [-0.3, -0.25) is 0 Å². The van der Waals surface area contributed by atoms with Gasteiger partial charge in [0.25, 0.3) is 0 Å². The highest BCUT2D eigenvalue weighted by Crippen LogP contribution is 2.44. The molecule has 114 valence electrons. The van der Waals surface area contributed by atoms with Crippen molar-refractivity contribution < 1.29 is 23.7 Å². The Morgan fingerprint density at radius 3 is 2.38 bits per heavy atom. The molecule has 6 heteroatoms. The fourth-order valence-electron chi connectivity index (χ4n) is 2.43. The molecule has 2 bridgehead atoms. The fraction of sp³-hybridized carbons (Fsp3) is 0.533. The Labute approximate surface area is 123 Å². The highest BCUT2D eigenvalue weighted by atomic mass is 16.9. The lowest BCUT2D eigenvalue weighted by atomic mass is 9.89. The summed E-state index contributed by atoms with van der Waals surface area (Å²) in [4.78, 5) is 11.4. The lowest BCUT2D eigenvalue weighted by Gasteiger charge is -2.51. The maximum absolute atomic E-state index is 11.4. The number of alkyl carbamates (subject to hydrolysis) is 1. The quantitative estimate of drug-likeness (QED) is 0.913. The number of hydrogen-bond donors (Lipinski definition) is 1. The van der Waals surface area contributed by atoms with E-state index in [1.165, 1.54) is 0 Å². The first-order valence-electron chi connectivity index (χ1n) is 7.06. The zero-order valence-corrected chi connectivity index (χ0v) is 12.0. The molecule has 3 fully saturated rings. The monoisotopic (exact) mass is 293 g/mol. The second kappa shape index (κ2) is 5.63. The van der Waals surface area contributed by atoms with Crippen LogP contribution in [-0.2, 0) is 24.9 Å². The van der Waals surface area contributed by atoms with E-state index < -0.39 is 17.5 Å². The molecular formula is C15H19NO5. The minimum absolute atomic E-state index is 0.212. The fourth-order valence-corrected chi connectivity index (χ4v) is 2.43. The first-order valence-corrected chi connectivity index (χ1v) is 7.06. The van der Waals surface area contributed by atoms with Crippen LogP contribution in [0.4, 0.5) is 4.79 Å². The molecular weight excluding hydrogens is 274 g/mol. The summed E-state index contributed by atoms with van der Waals surface area (Å²) in [6.45, 7) is 3.88. The van der Waals surface area contributed by atoms with Crippen molar-refractivity contribution in [3.05, 3.63) is 35.9 Å². The number of nitrogens with one attached hydrogen (secondary N) is 1. The molecule has 1 N–H and O–H groups in total. The van der Waals surface area contributed by atoms with Gasteiger partial charge in [0.15, 0.2) is 0 Å². The maximum Gasteiger partial charge on any atom is 0.407 e. The average molecular weight is 293 g/mol. The summed E-state index contributed by atoms with van der Waals surface area (Å²) >= 11 is 0. The van der Waals surface area contributed by atoms with Crippen LogP contribution in [0.15, 0.2) is 30.3 Å². The van der Waals surface area contributed by atoms with E-state index in [1.54, 1.807) is 0 Å². The lowest BCUT2D eigenvalue weighted by molar-refractivity contribution is -0.481. The second-order valence-electron chi connectivity index (χ2n) is 5.39. The Hall–Kier alpha value is -1.63. The molecule has 1 amide bonds. The Morgan fingerprint density at radius 1 is 1.19 bits per heavy atom. The van der Waals surface area contributed by atoms with Crippen LogP contribution in [0.25, 0.3) is 0 Å². The van der Waals surface area contributed by atoms with Gasteiger partial charge in [-0.15, -0.1) is 0 Å². The van der Waals surface area contributed by atoms with Crippen molar-refractivity contribution >= 4 is 6.09 Å². The van der Waals surface area contributed by atoms with Gasteiger partial charge < -0.3 is 24.3 Å². The minimum atomic E-state index is -1.12. The van der Waals surface area contributed by atoms with Crippen molar-refractivity contribution in [2.75, 3.05) is 33.0 Å². The Bertz CT molecular complexity index is 480. The van der Waals surface area contributed by atoms with Gasteiger partial charge in [-0.2, -0.15) is 0 Å². The smallest absolute Gasteiger partial charge is 0.407 e. The summed E-state index contributed by atoms with van der Waals surface area (Å²) in [5.74, 6) is -1.12. The van der Waals surface area contributed by atoms with Crippen LogP contribution in [0.5, 0.6) is 0 Å². The van der Waals surface area contributed by atoms with Crippen molar-refractivity contribution in [1.29, 1.82) is 0 Å². The molecule has 1 aromatic carbocycles. The van der Waals surface area contributed by atoms with Crippen molar-refractivity contribution in [2.24, 2.45) is 5.41 Å². The summed E-state index contributed by atoms with van der Waals surface area (Å²) in [6.07, 6.45) is -0.433. The van der Waals surface area contributed by atoms with Gasteiger partial charge in [0.2, 0.25) is 0 Å². The highest BCUT2D eigenvalue weighted by molar-refractivity contribution is 5.67. The summed E-state index contributed by atoms with van der Waals surface area (Å²) < 4.78 is 22.6. The van der Waals surface area contributed by atoms with Gasteiger partial charge in [-0.1, -0.05) is 30.3 Å². The third kappa shape index (κ3) is 2.74. The Balaban J connectivity index is 1.63. The summed E-state index contributed by atoms with van der Waals surface area (Å²) in [5, 5.41) is 2.59. The zero-order chi connectivity index (χ0) is 14.8. The van der Waals surface area contributed by atoms with Gasteiger partial charge >= 0.3 is 12.1 Å². The molecule has 0 aromatic heterocycles. The molecule has 0 unspecified atom stereocenters. The summed E-state index contributed by atoms with van der Waals surface area (Å²) in [6, 6.07) is 9.56. The lowest BCUT2D eigenvalue weighted by Crippen LogP contribution is -2.60. The van der Waals surface area contributed by atoms with E-state index in [0.29, 0.717) is 26.4 Å². The third-order valence-electron chi connectivity index (χ3n) is 3.66. The van der Waals surface area contributed by atoms with E-state index >= 15 is 0 Å². The van der Waals surface area contributed by atoms with Crippen molar-refractivity contribution in [3.63, 3.8) is 0 Å². The predicted molar refractivity (Wildman–Crippen MR) is 73.4 cm³/mol. The summed E-state index contributed by atoms with van der Waals surface area (Å²) in [7, 11) is 0. The van der Waals surface area contributed by atoms with Crippen LogP contribution < -0.4 is 5.32 Å². The van der Waals surface area contributed by atoms with Crippen molar-refractivity contribution in [3.8, 4) is 0 Å². The van der Waals surface area contributed by atoms with Crippen molar-refractivity contribution in [1.82, 2.24) is 5.32 Å². The first kappa shape index (κ1) is 14.3. The predicted octanol–water partition coefficient (Wildman–Crippen LogP) is 1.61. The molecule has 21 heavy (non-hydrogen) atoms. The van der Waals surface area contributed by atoms with Gasteiger partial charge in [0, 0.05) is 12.1 Å². The molecule has 1 aromatic rings. The molecule has 3 saturated heterocycles. The van der Waals surface area contributed by atoms with E-state index in [-0.39, 0.29) is 6.61 Å². The van der Waals surface area contributed by atoms with Gasteiger partial charge in [-0.05, 0) is 6.92 Å². The maximum atomic E-state index is 11.4. The van der Waals surface area contributed by atoms with E-state index in [0.717, 1.165) is 5.56 Å². The molecule has 3 aliphatic heterocycles. The number of rotatable bonds is 4. The molecule has 3 heterocycles. The normalized spacial score (nSPS) is 30.9. The Kier molecular flexibility index (Phi) is 3.84. The number of amides is 1. The topological polar surface area (TPSA) is 66.0 Å². The van der Waals surface area contributed by atoms with Crippen molar-refractivity contribution in [2.45, 2.75) is 12.9 Å². The van der Waals surface area contributed by atoms with Gasteiger partial charge in [0.05, 0.1) is 25.2 Å².